The van der Waals surface area contributed by atoms with Gasteiger partial charge in [0.2, 0.25) is 5.91 Å². The Balaban J connectivity index is 1.30. The Morgan fingerprint density at radius 2 is 1.83 bits per heavy atom. The number of aryl methyl sites for hydroxylation is 1. The van der Waals surface area contributed by atoms with E-state index in [2.05, 4.69) is 14.9 Å². The summed E-state index contributed by atoms with van der Waals surface area (Å²) < 4.78 is 2.12. The van der Waals surface area contributed by atoms with Crippen molar-refractivity contribution in [3.63, 3.8) is 0 Å². The summed E-state index contributed by atoms with van der Waals surface area (Å²) in [4.78, 5) is 42.9. The van der Waals surface area contributed by atoms with Gasteiger partial charge in [0.1, 0.15) is 6.54 Å². The van der Waals surface area contributed by atoms with Crippen LogP contribution >= 0.6 is 11.8 Å². The Morgan fingerprint density at radius 1 is 1.07 bits per heavy atom. The van der Waals surface area contributed by atoms with Gasteiger partial charge in [0.25, 0.3) is 11.8 Å². The number of fused-ring (bicyclic) bond motifs is 2. The van der Waals surface area contributed by atoms with Crippen molar-refractivity contribution >= 4 is 35.2 Å². The fraction of sp³-hybridized carbons (Fsp3) is 0.143. The summed E-state index contributed by atoms with van der Waals surface area (Å²) in [6.07, 6.45) is 2.01. The minimum absolute atomic E-state index is 0.327. The van der Waals surface area contributed by atoms with Crippen molar-refractivity contribution in [2.45, 2.75) is 11.7 Å². The highest BCUT2D eigenvalue weighted by Gasteiger charge is 2.36. The summed E-state index contributed by atoms with van der Waals surface area (Å²) in [5, 5.41) is 3.77. The van der Waals surface area contributed by atoms with Gasteiger partial charge in [0.15, 0.2) is 5.16 Å². The molecule has 0 saturated carbocycles. The number of amides is 3. The second-order valence-electron chi connectivity index (χ2n) is 6.82. The molecule has 0 fully saturated rings. The Hall–Kier alpha value is -3.39. The van der Waals surface area contributed by atoms with Crippen LogP contribution in [0.2, 0.25) is 0 Å². The second kappa shape index (κ2) is 6.89. The first kappa shape index (κ1) is 17.7. The summed E-state index contributed by atoms with van der Waals surface area (Å²) in [6.45, 7) is 0.621. The third-order valence-corrected chi connectivity index (χ3v) is 5.90. The third-order valence-electron chi connectivity index (χ3n) is 4.93. The van der Waals surface area contributed by atoms with Crippen LogP contribution in [-0.4, -0.2) is 44.5 Å². The summed E-state index contributed by atoms with van der Waals surface area (Å²) >= 11 is 1.72. The zero-order chi connectivity index (χ0) is 20.0. The zero-order valence-electron chi connectivity index (χ0n) is 15.3. The monoisotopic (exact) mass is 404 g/mol. The fourth-order valence-corrected chi connectivity index (χ4v) is 4.48. The minimum Gasteiger partial charge on any atom is -0.325 e. The fourth-order valence-electron chi connectivity index (χ4n) is 3.53. The number of thioether (sulfide) groups is 1. The van der Waals surface area contributed by atoms with Gasteiger partial charge in [-0.15, -0.1) is 0 Å². The maximum absolute atomic E-state index is 12.5. The predicted molar refractivity (Wildman–Crippen MR) is 109 cm³/mol. The van der Waals surface area contributed by atoms with Crippen LogP contribution in [0.5, 0.6) is 0 Å². The summed E-state index contributed by atoms with van der Waals surface area (Å²) in [6, 6.07) is 14.0. The maximum Gasteiger partial charge on any atom is 0.262 e. The molecule has 8 heteroatoms. The van der Waals surface area contributed by atoms with E-state index in [0.717, 1.165) is 33.6 Å². The molecule has 0 radical (unpaired) electrons. The molecule has 2 aliphatic rings. The van der Waals surface area contributed by atoms with E-state index in [0.29, 0.717) is 16.8 Å². The van der Waals surface area contributed by atoms with E-state index in [9.17, 15) is 14.4 Å². The van der Waals surface area contributed by atoms with Gasteiger partial charge in [-0.05, 0) is 24.3 Å². The van der Waals surface area contributed by atoms with Gasteiger partial charge < -0.3 is 9.88 Å². The van der Waals surface area contributed by atoms with Crippen molar-refractivity contribution < 1.29 is 14.4 Å². The highest BCUT2D eigenvalue weighted by molar-refractivity contribution is 7.99. The van der Waals surface area contributed by atoms with Gasteiger partial charge in [-0.1, -0.05) is 36.0 Å². The van der Waals surface area contributed by atoms with E-state index in [-0.39, 0.29) is 6.54 Å². The smallest absolute Gasteiger partial charge is 0.262 e. The van der Waals surface area contributed by atoms with Crippen LogP contribution in [0.3, 0.4) is 0 Å². The van der Waals surface area contributed by atoms with Gasteiger partial charge >= 0.3 is 0 Å². The number of nitrogens with one attached hydrogen (secondary N) is 1. The first-order valence-corrected chi connectivity index (χ1v) is 10.1. The minimum atomic E-state index is -0.445. The Kier molecular flexibility index (Phi) is 4.21. The molecule has 1 N–H and O–H groups in total. The number of hydrogen-bond acceptors (Lipinski definition) is 5. The highest BCUT2D eigenvalue weighted by Crippen LogP contribution is 2.30. The average molecular weight is 404 g/mol. The first-order chi connectivity index (χ1) is 14.1. The number of nitrogens with zero attached hydrogens (tertiary/aromatic N) is 3. The lowest BCUT2D eigenvalue weighted by atomic mass is 10.1. The number of aromatic nitrogens is 2. The number of rotatable bonds is 4. The molecule has 2 aliphatic heterocycles. The van der Waals surface area contributed by atoms with E-state index < -0.39 is 17.7 Å². The van der Waals surface area contributed by atoms with Gasteiger partial charge in [0.05, 0.1) is 16.8 Å². The Morgan fingerprint density at radius 3 is 2.55 bits per heavy atom. The van der Waals surface area contributed by atoms with Gasteiger partial charge in [-0.2, -0.15) is 0 Å². The van der Waals surface area contributed by atoms with Gasteiger partial charge in [-0.3, -0.25) is 19.3 Å². The molecule has 0 aliphatic carbocycles. The van der Waals surface area contributed by atoms with Crippen LogP contribution in [0, 0.1) is 0 Å². The number of carbonyl (C=O) groups excluding carboxylic acids is 3. The second-order valence-corrected chi connectivity index (χ2v) is 7.88. The summed E-state index contributed by atoms with van der Waals surface area (Å²) in [7, 11) is 0. The van der Waals surface area contributed by atoms with Crippen molar-refractivity contribution in [2.75, 3.05) is 17.6 Å². The number of hydrogen-bond donors (Lipinski definition) is 1. The number of carbonyl (C=O) groups is 3. The number of imide groups is 1. The molecule has 0 bridgehead atoms. The SMILES string of the molecule is O=C(CN1C(=O)c2ccccc2C1=O)Nc1cccc(-c2cn3c(n2)SCC3)c1. The lowest BCUT2D eigenvalue weighted by Gasteiger charge is -2.14. The van der Waals surface area contributed by atoms with Crippen LogP contribution < -0.4 is 5.32 Å². The summed E-state index contributed by atoms with van der Waals surface area (Å²) in [5.74, 6) is -0.283. The number of anilines is 1. The molecule has 29 heavy (non-hydrogen) atoms. The summed E-state index contributed by atoms with van der Waals surface area (Å²) in [5.41, 5.74) is 3.00. The van der Waals surface area contributed by atoms with Crippen molar-refractivity contribution in [3.05, 3.63) is 65.9 Å². The molecule has 2 aromatic carbocycles. The molecule has 0 saturated heterocycles. The zero-order valence-corrected chi connectivity index (χ0v) is 16.1. The van der Waals surface area contributed by atoms with E-state index in [4.69, 9.17) is 0 Å². The lowest BCUT2D eigenvalue weighted by Crippen LogP contribution is -2.37. The van der Waals surface area contributed by atoms with Gasteiger partial charge in [-0.25, -0.2) is 4.98 Å². The molecule has 3 heterocycles. The highest BCUT2D eigenvalue weighted by atomic mass is 32.2. The Bertz CT molecular complexity index is 1110. The normalized spacial score (nSPS) is 14.8. The first-order valence-electron chi connectivity index (χ1n) is 9.15. The van der Waals surface area contributed by atoms with Crippen molar-refractivity contribution in [3.8, 4) is 11.3 Å². The standard InChI is InChI=1S/C21H16N4O3S/c26-18(12-25-19(27)15-6-1-2-7-16(15)20(25)28)22-14-5-3-4-13(10-14)17-11-24-8-9-29-21(24)23-17/h1-7,10-11H,8-9,12H2,(H,22,26). The van der Waals surface area contributed by atoms with Crippen LogP contribution in [0.1, 0.15) is 20.7 Å². The molecule has 3 amide bonds. The van der Waals surface area contributed by atoms with E-state index >= 15 is 0 Å². The number of imidazole rings is 1. The largest absolute Gasteiger partial charge is 0.325 e. The molecule has 1 aromatic heterocycles. The number of benzene rings is 2. The molecule has 144 valence electrons. The molecular weight excluding hydrogens is 388 g/mol. The topological polar surface area (TPSA) is 84.3 Å². The van der Waals surface area contributed by atoms with Gasteiger partial charge in [0, 0.05) is 29.7 Å². The molecule has 0 spiro atoms. The van der Waals surface area contributed by atoms with Crippen LogP contribution in [0.25, 0.3) is 11.3 Å². The van der Waals surface area contributed by atoms with E-state index in [1.807, 2.05) is 24.4 Å². The molecule has 0 unspecified atom stereocenters. The molecule has 0 atom stereocenters. The quantitative estimate of drug-likeness (QED) is 0.676. The molecule has 7 nitrogen and oxygen atoms in total. The predicted octanol–water partition coefficient (Wildman–Crippen LogP) is 2.89. The van der Waals surface area contributed by atoms with E-state index in [1.54, 1.807) is 42.1 Å². The van der Waals surface area contributed by atoms with Crippen LogP contribution in [0.4, 0.5) is 5.69 Å². The molecule has 5 rings (SSSR count). The van der Waals surface area contributed by atoms with Crippen molar-refractivity contribution in [1.29, 1.82) is 0 Å². The Labute approximate surface area is 170 Å². The maximum atomic E-state index is 12.5. The van der Waals surface area contributed by atoms with E-state index in [1.165, 1.54) is 0 Å². The van der Waals surface area contributed by atoms with Crippen molar-refractivity contribution in [2.24, 2.45) is 0 Å². The van der Waals surface area contributed by atoms with Crippen LogP contribution in [-0.2, 0) is 11.3 Å². The molecular formula is C21H16N4O3S. The molecule has 3 aromatic rings. The van der Waals surface area contributed by atoms with Crippen molar-refractivity contribution in [1.82, 2.24) is 14.5 Å². The third kappa shape index (κ3) is 3.11. The lowest BCUT2D eigenvalue weighted by molar-refractivity contribution is -0.116. The average Bonchev–Trinajstić information content (AvgIpc) is 3.39. The van der Waals surface area contributed by atoms with Crippen LogP contribution in [0.15, 0.2) is 59.9 Å².